The Morgan fingerprint density at radius 1 is 0.875 bits per heavy atom. The first-order valence-electron chi connectivity index (χ1n) is 12.9. The van der Waals surface area contributed by atoms with Gasteiger partial charge < -0.3 is 14.0 Å². The van der Waals surface area contributed by atoms with Crippen LogP contribution in [0.3, 0.4) is 0 Å². The Balaban J connectivity index is 1.15. The molecule has 6 nitrogen and oxygen atoms in total. The molecule has 182 valence electrons. The van der Waals surface area contributed by atoms with Crippen LogP contribution in [0, 0.1) is 0 Å². The molecule has 2 aliphatic heterocycles. The van der Waals surface area contributed by atoms with Crippen LogP contribution in [-0.2, 0) is 16.0 Å². The average Bonchev–Trinajstić information content (AvgIpc) is 3.15. The Kier molecular flexibility index (Phi) is 7.35. The zero-order valence-electron chi connectivity index (χ0n) is 21.3. The number of aromatic nitrogens is 2. The fourth-order valence-corrected chi connectivity index (χ4v) is 5.43. The molecular formula is C26H46N4O2. The van der Waals surface area contributed by atoms with Crippen LogP contribution >= 0.6 is 0 Å². The number of nitrogens with zero attached hydrogens (tertiary/aromatic N) is 4. The van der Waals surface area contributed by atoms with E-state index in [0.29, 0.717) is 24.4 Å². The lowest BCUT2D eigenvalue weighted by Gasteiger charge is -2.42. The third kappa shape index (κ3) is 6.55. The lowest BCUT2D eigenvalue weighted by Crippen LogP contribution is -2.46. The van der Waals surface area contributed by atoms with Crippen molar-refractivity contribution >= 4 is 0 Å². The van der Waals surface area contributed by atoms with Crippen LogP contribution in [0.4, 0.5) is 0 Å². The van der Waals surface area contributed by atoms with Crippen molar-refractivity contribution in [2.45, 2.75) is 122 Å². The summed E-state index contributed by atoms with van der Waals surface area (Å²) in [6, 6.07) is 0.600. The van der Waals surface area contributed by atoms with E-state index in [1.54, 1.807) is 0 Å². The van der Waals surface area contributed by atoms with Crippen LogP contribution in [0.15, 0.2) is 12.5 Å². The van der Waals surface area contributed by atoms with Gasteiger partial charge in [0.15, 0.2) is 0 Å². The maximum absolute atomic E-state index is 6.36. The Bertz CT molecular complexity index is 713. The lowest BCUT2D eigenvalue weighted by molar-refractivity contribution is -0.167. The minimum absolute atomic E-state index is 0.0439. The Hall–Kier alpha value is -0.950. The molecule has 0 aromatic carbocycles. The summed E-state index contributed by atoms with van der Waals surface area (Å²) in [6.07, 6.45) is 12.4. The number of hydrogen-bond donors (Lipinski definition) is 0. The summed E-state index contributed by atoms with van der Waals surface area (Å²) in [5.41, 5.74) is 1.45. The highest BCUT2D eigenvalue weighted by Crippen LogP contribution is 2.32. The summed E-state index contributed by atoms with van der Waals surface area (Å²) >= 11 is 0. The Labute approximate surface area is 195 Å². The second-order valence-corrected chi connectivity index (χ2v) is 12.3. The van der Waals surface area contributed by atoms with Crippen LogP contribution in [0.1, 0.15) is 91.8 Å². The molecule has 4 rings (SSSR count). The maximum Gasteiger partial charge on any atom is 0.0952 e. The van der Waals surface area contributed by atoms with E-state index in [2.05, 4.69) is 68.4 Å². The van der Waals surface area contributed by atoms with E-state index in [1.165, 1.54) is 31.6 Å². The quantitative estimate of drug-likeness (QED) is 0.637. The normalized spacial score (nSPS) is 27.6. The third-order valence-corrected chi connectivity index (χ3v) is 7.37. The van der Waals surface area contributed by atoms with E-state index in [0.717, 1.165) is 45.3 Å². The summed E-state index contributed by atoms with van der Waals surface area (Å²) < 4.78 is 14.8. The predicted molar refractivity (Wildman–Crippen MR) is 129 cm³/mol. The van der Waals surface area contributed by atoms with Gasteiger partial charge in [0.25, 0.3) is 0 Å². The van der Waals surface area contributed by atoms with Crippen molar-refractivity contribution in [1.82, 2.24) is 19.4 Å². The summed E-state index contributed by atoms with van der Waals surface area (Å²) in [6.45, 7) is 18.9. The average molecular weight is 447 g/mol. The third-order valence-electron chi connectivity index (χ3n) is 7.37. The molecule has 1 aliphatic carbocycles. The molecule has 0 amide bonds. The van der Waals surface area contributed by atoms with Gasteiger partial charge in [-0.25, -0.2) is 4.98 Å². The fraction of sp³-hybridized carbons (Fsp3) is 0.885. The minimum atomic E-state index is -0.0439. The highest BCUT2D eigenvalue weighted by atomic mass is 16.5. The summed E-state index contributed by atoms with van der Waals surface area (Å²) in [5.74, 6) is 0. The van der Waals surface area contributed by atoms with Gasteiger partial charge >= 0.3 is 0 Å². The van der Waals surface area contributed by atoms with Gasteiger partial charge in [-0.05, 0) is 80.1 Å². The topological polar surface area (TPSA) is 42.8 Å². The van der Waals surface area contributed by atoms with E-state index < -0.39 is 0 Å². The highest BCUT2D eigenvalue weighted by Gasteiger charge is 2.36. The van der Waals surface area contributed by atoms with Gasteiger partial charge in [0.05, 0.1) is 35.9 Å². The minimum Gasteiger partial charge on any atom is -0.375 e. The van der Waals surface area contributed by atoms with Crippen molar-refractivity contribution in [2.24, 2.45) is 0 Å². The van der Waals surface area contributed by atoms with Crippen molar-refractivity contribution in [3.8, 4) is 0 Å². The summed E-state index contributed by atoms with van der Waals surface area (Å²) in [5, 5.41) is 0. The molecule has 0 spiro atoms. The zero-order chi connectivity index (χ0) is 22.9. The molecule has 1 saturated carbocycles. The molecule has 0 N–H and O–H groups in total. The molecule has 2 saturated heterocycles. The Morgan fingerprint density at radius 2 is 1.53 bits per heavy atom. The number of imidazole rings is 1. The van der Waals surface area contributed by atoms with E-state index in [1.807, 2.05) is 0 Å². The monoisotopic (exact) mass is 446 g/mol. The first-order chi connectivity index (χ1) is 15.0. The van der Waals surface area contributed by atoms with Crippen LogP contribution in [0.25, 0.3) is 0 Å². The first-order valence-corrected chi connectivity index (χ1v) is 12.9. The number of piperidine rings is 2. The SMILES string of the molecule is CC(C)(C)OC1CC(OC2CCN(Cc3cn(C4CCN(C(C)(C)C)CC4)cn3)CC2)C1. The standard InChI is InChI=1S/C26H46N4O2/c1-25(2,3)30-13-7-21(8-14-30)29-18-20(27-19-29)17-28-11-9-22(10-12-28)31-23-15-24(16-23)32-26(4,5)6/h18-19,21-24H,7-17H2,1-6H3. The van der Waals surface area contributed by atoms with E-state index in [4.69, 9.17) is 14.5 Å². The van der Waals surface area contributed by atoms with Gasteiger partial charge in [-0.1, -0.05) is 0 Å². The van der Waals surface area contributed by atoms with Gasteiger partial charge in [-0.2, -0.15) is 0 Å². The number of likely N-dealkylation sites (tertiary alicyclic amines) is 2. The molecule has 3 fully saturated rings. The first kappa shape index (κ1) is 24.2. The molecule has 1 aromatic heterocycles. The van der Waals surface area contributed by atoms with Crippen molar-refractivity contribution in [3.63, 3.8) is 0 Å². The van der Waals surface area contributed by atoms with Gasteiger partial charge in [0.1, 0.15) is 0 Å². The second kappa shape index (κ2) is 9.73. The second-order valence-electron chi connectivity index (χ2n) is 12.3. The van der Waals surface area contributed by atoms with E-state index >= 15 is 0 Å². The van der Waals surface area contributed by atoms with Gasteiger partial charge in [0.2, 0.25) is 0 Å². The van der Waals surface area contributed by atoms with Crippen molar-refractivity contribution < 1.29 is 9.47 Å². The predicted octanol–water partition coefficient (Wildman–Crippen LogP) is 4.65. The molecule has 32 heavy (non-hydrogen) atoms. The van der Waals surface area contributed by atoms with Gasteiger partial charge in [-0.15, -0.1) is 0 Å². The molecule has 0 unspecified atom stereocenters. The molecule has 3 aliphatic rings. The fourth-order valence-electron chi connectivity index (χ4n) is 5.43. The van der Waals surface area contributed by atoms with Crippen LogP contribution in [0.5, 0.6) is 0 Å². The lowest BCUT2D eigenvalue weighted by atomic mass is 9.90. The van der Waals surface area contributed by atoms with Gasteiger partial charge in [0, 0.05) is 50.5 Å². The maximum atomic E-state index is 6.36. The van der Waals surface area contributed by atoms with E-state index in [9.17, 15) is 0 Å². The van der Waals surface area contributed by atoms with Crippen molar-refractivity contribution in [1.29, 1.82) is 0 Å². The largest absolute Gasteiger partial charge is 0.375 e. The molecule has 1 aromatic rings. The van der Waals surface area contributed by atoms with Crippen molar-refractivity contribution in [2.75, 3.05) is 26.2 Å². The molecule has 0 bridgehead atoms. The molecule has 0 atom stereocenters. The van der Waals surface area contributed by atoms with Crippen molar-refractivity contribution in [3.05, 3.63) is 18.2 Å². The van der Waals surface area contributed by atoms with E-state index in [-0.39, 0.29) is 11.1 Å². The van der Waals surface area contributed by atoms with Crippen LogP contribution in [0.2, 0.25) is 0 Å². The highest BCUT2D eigenvalue weighted by molar-refractivity contribution is 5.00. The zero-order valence-corrected chi connectivity index (χ0v) is 21.3. The number of ether oxygens (including phenoxy) is 2. The van der Waals surface area contributed by atoms with Crippen LogP contribution < -0.4 is 0 Å². The van der Waals surface area contributed by atoms with Gasteiger partial charge in [-0.3, -0.25) is 9.80 Å². The molecule has 0 radical (unpaired) electrons. The van der Waals surface area contributed by atoms with Crippen LogP contribution in [-0.4, -0.2) is 75.0 Å². The molecular weight excluding hydrogens is 400 g/mol. The Morgan fingerprint density at radius 3 is 2.12 bits per heavy atom. The summed E-state index contributed by atoms with van der Waals surface area (Å²) in [7, 11) is 0. The smallest absolute Gasteiger partial charge is 0.0952 e. The number of rotatable bonds is 6. The molecule has 6 heteroatoms. The summed E-state index contributed by atoms with van der Waals surface area (Å²) in [4.78, 5) is 9.89. The number of hydrogen-bond acceptors (Lipinski definition) is 5. The molecule has 3 heterocycles.